The second kappa shape index (κ2) is 6.26. The molecule has 4 heteroatoms. The van der Waals surface area contributed by atoms with Crippen molar-refractivity contribution in [3.63, 3.8) is 0 Å². The number of hydrogen-bond donors (Lipinski definition) is 1. The fourth-order valence-corrected chi connectivity index (χ4v) is 2.89. The van der Waals surface area contributed by atoms with Crippen LogP contribution in [-0.2, 0) is 6.54 Å². The molecule has 0 radical (unpaired) electrons. The van der Waals surface area contributed by atoms with Crippen molar-refractivity contribution in [2.24, 2.45) is 0 Å². The summed E-state index contributed by atoms with van der Waals surface area (Å²) in [4.78, 5) is 2.14. The first-order valence-corrected chi connectivity index (χ1v) is 7.28. The normalized spacial score (nSPS) is 16.2. The fourth-order valence-electron chi connectivity index (χ4n) is 1.99. The molecular formula is C13H19FN2S. The van der Waals surface area contributed by atoms with Crippen LogP contribution >= 0.6 is 11.8 Å². The van der Waals surface area contributed by atoms with Gasteiger partial charge in [0.15, 0.2) is 0 Å². The van der Waals surface area contributed by atoms with Crippen LogP contribution in [0.25, 0.3) is 0 Å². The van der Waals surface area contributed by atoms with Crippen LogP contribution in [0.15, 0.2) is 18.2 Å². The maximum absolute atomic E-state index is 14.0. The van der Waals surface area contributed by atoms with Crippen molar-refractivity contribution >= 4 is 17.4 Å². The number of rotatable bonds is 4. The van der Waals surface area contributed by atoms with E-state index in [2.05, 4.69) is 17.1 Å². The molecule has 2 nitrogen and oxygen atoms in total. The van der Waals surface area contributed by atoms with Gasteiger partial charge < -0.3 is 10.2 Å². The lowest BCUT2D eigenvalue weighted by Gasteiger charge is -2.28. The predicted molar refractivity (Wildman–Crippen MR) is 73.3 cm³/mol. The minimum absolute atomic E-state index is 0.0905. The molecule has 0 atom stereocenters. The van der Waals surface area contributed by atoms with Gasteiger partial charge in [-0.25, -0.2) is 4.39 Å². The molecule has 1 saturated heterocycles. The molecule has 1 N–H and O–H groups in total. The van der Waals surface area contributed by atoms with Crippen LogP contribution in [0.5, 0.6) is 0 Å². The van der Waals surface area contributed by atoms with Gasteiger partial charge in [0.25, 0.3) is 0 Å². The molecule has 0 saturated carbocycles. The van der Waals surface area contributed by atoms with Gasteiger partial charge in [-0.3, -0.25) is 0 Å². The van der Waals surface area contributed by atoms with E-state index in [1.165, 1.54) is 0 Å². The van der Waals surface area contributed by atoms with Crippen LogP contribution in [0, 0.1) is 5.82 Å². The quantitative estimate of drug-likeness (QED) is 0.888. The highest BCUT2D eigenvalue weighted by molar-refractivity contribution is 7.99. The monoisotopic (exact) mass is 254 g/mol. The van der Waals surface area contributed by atoms with Gasteiger partial charge in [0, 0.05) is 31.1 Å². The van der Waals surface area contributed by atoms with E-state index in [9.17, 15) is 4.39 Å². The summed E-state index contributed by atoms with van der Waals surface area (Å²) in [7, 11) is 0. The van der Waals surface area contributed by atoms with Crippen molar-refractivity contribution < 1.29 is 4.39 Å². The highest BCUT2D eigenvalue weighted by Gasteiger charge is 2.14. The van der Waals surface area contributed by atoms with E-state index in [0.717, 1.165) is 48.9 Å². The van der Waals surface area contributed by atoms with Gasteiger partial charge in [-0.15, -0.1) is 0 Å². The molecule has 0 bridgehead atoms. The van der Waals surface area contributed by atoms with Crippen molar-refractivity contribution in [2.75, 3.05) is 36.0 Å². The minimum Gasteiger partial charge on any atom is -0.368 e. The van der Waals surface area contributed by atoms with E-state index in [0.29, 0.717) is 0 Å². The lowest BCUT2D eigenvalue weighted by molar-refractivity contribution is 0.614. The molecule has 0 spiro atoms. The van der Waals surface area contributed by atoms with Crippen LogP contribution in [0.2, 0.25) is 0 Å². The number of halogens is 1. The minimum atomic E-state index is -0.0905. The molecule has 2 rings (SSSR count). The first kappa shape index (κ1) is 12.7. The van der Waals surface area contributed by atoms with Gasteiger partial charge in [0.05, 0.1) is 5.69 Å². The molecule has 1 aliphatic rings. The smallest absolute Gasteiger partial charge is 0.146 e. The molecule has 94 valence electrons. The van der Waals surface area contributed by atoms with Crippen molar-refractivity contribution in [3.8, 4) is 0 Å². The largest absolute Gasteiger partial charge is 0.368 e. The van der Waals surface area contributed by atoms with E-state index in [-0.39, 0.29) is 5.82 Å². The average Bonchev–Trinajstić information content (AvgIpc) is 2.37. The summed E-state index contributed by atoms with van der Waals surface area (Å²) in [6.07, 6.45) is 0. The van der Waals surface area contributed by atoms with E-state index < -0.39 is 0 Å². The zero-order chi connectivity index (χ0) is 12.1. The van der Waals surface area contributed by atoms with Crippen LogP contribution in [0.3, 0.4) is 0 Å². The maximum Gasteiger partial charge on any atom is 0.146 e. The third-order valence-electron chi connectivity index (χ3n) is 2.94. The van der Waals surface area contributed by atoms with E-state index >= 15 is 0 Å². The molecule has 1 aliphatic heterocycles. The molecule has 17 heavy (non-hydrogen) atoms. The van der Waals surface area contributed by atoms with Gasteiger partial charge in [-0.1, -0.05) is 13.0 Å². The lowest BCUT2D eigenvalue weighted by atomic mass is 10.1. The Morgan fingerprint density at radius 1 is 1.35 bits per heavy atom. The molecule has 1 aromatic carbocycles. The third kappa shape index (κ3) is 3.36. The Bertz CT molecular complexity index is 364. The second-order valence-corrected chi connectivity index (χ2v) is 5.39. The average molecular weight is 254 g/mol. The summed E-state index contributed by atoms with van der Waals surface area (Å²) in [6, 6.07) is 5.58. The molecule has 1 fully saturated rings. The molecule has 0 aromatic heterocycles. The number of nitrogens with one attached hydrogen (secondary N) is 1. The Morgan fingerprint density at radius 2 is 2.12 bits per heavy atom. The molecule has 1 heterocycles. The number of thioether (sulfide) groups is 1. The third-order valence-corrected chi connectivity index (χ3v) is 3.89. The highest BCUT2D eigenvalue weighted by Crippen LogP contribution is 2.23. The van der Waals surface area contributed by atoms with Crippen LogP contribution in [0.1, 0.15) is 12.5 Å². The SMILES string of the molecule is CCNCc1ccc(N2CCSCC2)c(F)c1. The van der Waals surface area contributed by atoms with Crippen LogP contribution < -0.4 is 10.2 Å². The molecular weight excluding hydrogens is 235 g/mol. The number of anilines is 1. The fraction of sp³-hybridized carbons (Fsp3) is 0.538. The van der Waals surface area contributed by atoms with Crippen LogP contribution in [0.4, 0.5) is 10.1 Å². The Labute approximate surface area is 107 Å². The Kier molecular flexibility index (Phi) is 4.68. The predicted octanol–water partition coefficient (Wildman–Crippen LogP) is 2.49. The summed E-state index contributed by atoms with van der Waals surface area (Å²) < 4.78 is 14.0. The first-order chi connectivity index (χ1) is 8.31. The van der Waals surface area contributed by atoms with E-state index in [1.54, 1.807) is 6.07 Å². The summed E-state index contributed by atoms with van der Waals surface area (Å²) >= 11 is 1.94. The number of hydrogen-bond acceptors (Lipinski definition) is 3. The summed E-state index contributed by atoms with van der Waals surface area (Å²) in [5.41, 5.74) is 1.77. The van der Waals surface area contributed by atoms with Gasteiger partial charge in [-0.05, 0) is 24.2 Å². The standard InChI is InChI=1S/C13H19FN2S/c1-2-15-10-11-3-4-13(12(14)9-11)16-5-7-17-8-6-16/h3-4,9,15H,2,5-8,10H2,1H3. The number of benzene rings is 1. The topological polar surface area (TPSA) is 15.3 Å². The highest BCUT2D eigenvalue weighted by atomic mass is 32.2. The molecule has 1 aromatic rings. The van der Waals surface area contributed by atoms with Crippen molar-refractivity contribution in [1.82, 2.24) is 5.32 Å². The van der Waals surface area contributed by atoms with Gasteiger partial charge in [-0.2, -0.15) is 11.8 Å². The van der Waals surface area contributed by atoms with Crippen molar-refractivity contribution in [2.45, 2.75) is 13.5 Å². The second-order valence-electron chi connectivity index (χ2n) is 4.17. The molecule has 0 amide bonds. The Morgan fingerprint density at radius 3 is 2.76 bits per heavy atom. The number of nitrogens with zero attached hydrogens (tertiary/aromatic N) is 1. The maximum atomic E-state index is 14.0. The summed E-state index contributed by atoms with van der Waals surface area (Å²) in [6.45, 7) is 5.61. The first-order valence-electron chi connectivity index (χ1n) is 6.13. The summed E-state index contributed by atoms with van der Waals surface area (Å²) in [5.74, 6) is 2.10. The zero-order valence-corrected chi connectivity index (χ0v) is 11.0. The Hall–Kier alpha value is -0.740. The van der Waals surface area contributed by atoms with Gasteiger partial charge in [0.1, 0.15) is 5.82 Å². The van der Waals surface area contributed by atoms with Crippen LogP contribution in [-0.4, -0.2) is 31.1 Å². The van der Waals surface area contributed by atoms with E-state index in [4.69, 9.17) is 0 Å². The summed E-state index contributed by atoms with van der Waals surface area (Å²) in [5, 5.41) is 3.21. The molecule has 0 unspecified atom stereocenters. The van der Waals surface area contributed by atoms with Gasteiger partial charge in [0.2, 0.25) is 0 Å². The lowest BCUT2D eigenvalue weighted by Crippen LogP contribution is -2.33. The van der Waals surface area contributed by atoms with Crippen molar-refractivity contribution in [1.29, 1.82) is 0 Å². The van der Waals surface area contributed by atoms with Crippen molar-refractivity contribution in [3.05, 3.63) is 29.6 Å². The van der Waals surface area contributed by atoms with E-state index in [1.807, 2.05) is 23.9 Å². The van der Waals surface area contributed by atoms with Gasteiger partial charge >= 0.3 is 0 Å². The molecule has 0 aliphatic carbocycles. The Balaban J connectivity index is 2.07. The zero-order valence-electron chi connectivity index (χ0n) is 10.2.